The van der Waals surface area contributed by atoms with Gasteiger partial charge in [-0.2, -0.15) is 0 Å². The Labute approximate surface area is 256 Å². The molecule has 1 atom stereocenters. The van der Waals surface area contributed by atoms with Gasteiger partial charge in [0.1, 0.15) is 0 Å². The monoisotopic (exact) mass is 574 g/mol. The van der Waals surface area contributed by atoms with Crippen LogP contribution in [0.15, 0.2) is 139 Å². The number of hydrogen-bond acceptors (Lipinski definition) is 2. The minimum absolute atomic E-state index is 0.186. The molecule has 0 bridgehead atoms. The number of rotatable bonds is 6. The van der Waals surface area contributed by atoms with Crippen molar-refractivity contribution in [1.82, 2.24) is 4.57 Å². The van der Waals surface area contributed by atoms with Gasteiger partial charge in [0.25, 0.3) is 0 Å². The fourth-order valence-electron chi connectivity index (χ4n) is 6.98. The Hall–Kier alpha value is -4.60. The molecule has 43 heavy (non-hydrogen) atoms. The van der Waals surface area contributed by atoms with Crippen molar-refractivity contribution in [2.24, 2.45) is 0 Å². The van der Waals surface area contributed by atoms with Crippen molar-refractivity contribution in [2.75, 3.05) is 4.90 Å². The molecule has 2 aromatic heterocycles. The van der Waals surface area contributed by atoms with Gasteiger partial charge >= 0.3 is 0 Å². The van der Waals surface area contributed by atoms with E-state index in [-0.39, 0.29) is 6.04 Å². The summed E-state index contributed by atoms with van der Waals surface area (Å²) in [7, 11) is 0. The van der Waals surface area contributed by atoms with Crippen molar-refractivity contribution >= 4 is 59.0 Å². The highest BCUT2D eigenvalue weighted by Gasteiger charge is 2.23. The average molecular weight is 575 g/mol. The summed E-state index contributed by atoms with van der Waals surface area (Å²) in [5.41, 5.74) is 9.13. The van der Waals surface area contributed by atoms with Gasteiger partial charge in [0, 0.05) is 48.0 Å². The van der Waals surface area contributed by atoms with E-state index in [2.05, 4.69) is 151 Å². The molecule has 5 aromatic carbocycles. The van der Waals surface area contributed by atoms with Crippen LogP contribution >= 0.6 is 11.3 Å². The van der Waals surface area contributed by atoms with Gasteiger partial charge < -0.3 is 9.47 Å². The average Bonchev–Trinajstić information content (AvgIpc) is 3.59. The van der Waals surface area contributed by atoms with E-state index < -0.39 is 0 Å². The molecule has 0 saturated heterocycles. The van der Waals surface area contributed by atoms with Gasteiger partial charge in [-0.15, -0.1) is 11.3 Å². The highest BCUT2D eigenvalue weighted by Crippen LogP contribution is 2.41. The smallest absolute Gasteiger partial charge is 0.0563 e. The standard InChI is InChI=1S/C40H34N2S/c1-3-28-13-7-10-18-36(28)41(30-14-5-4-6-15-30)27(2)29-21-23-31(24-22-29)42-37-19-11-8-16-32(37)34-26-40-35(25-38(34)42)33-17-9-12-20-39(33)43-40/h4-6,8-12,14-27H,3,7,13H2,1-2H3. The third kappa shape index (κ3) is 4.30. The number of fused-ring (bicyclic) bond motifs is 6. The summed E-state index contributed by atoms with van der Waals surface area (Å²) in [6.45, 7) is 4.62. The predicted octanol–water partition coefficient (Wildman–Crippen LogP) is 11.7. The summed E-state index contributed by atoms with van der Waals surface area (Å²) in [6.07, 6.45) is 8.01. The molecule has 1 aliphatic carbocycles. The minimum Gasteiger partial charge on any atom is -0.334 e. The molecule has 0 N–H and O–H groups in total. The molecular formula is C40H34N2S. The van der Waals surface area contributed by atoms with Crippen LogP contribution in [-0.4, -0.2) is 4.57 Å². The molecule has 0 aliphatic heterocycles. The first-order chi connectivity index (χ1) is 21.2. The molecule has 2 heterocycles. The van der Waals surface area contributed by atoms with Gasteiger partial charge in [-0.1, -0.05) is 79.7 Å². The van der Waals surface area contributed by atoms with Gasteiger partial charge in [-0.25, -0.2) is 0 Å². The van der Waals surface area contributed by atoms with Crippen LogP contribution in [-0.2, 0) is 0 Å². The molecule has 210 valence electrons. The lowest BCUT2D eigenvalue weighted by atomic mass is 9.96. The van der Waals surface area contributed by atoms with Crippen LogP contribution in [0.4, 0.5) is 5.69 Å². The van der Waals surface area contributed by atoms with E-state index in [1.165, 1.54) is 70.2 Å². The predicted molar refractivity (Wildman–Crippen MR) is 187 cm³/mol. The van der Waals surface area contributed by atoms with Gasteiger partial charge in [0.15, 0.2) is 0 Å². The first-order valence-electron chi connectivity index (χ1n) is 15.4. The van der Waals surface area contributed by atoms with Crippen molar-refractivity contribution in [3.8, 4) is 5.69 Å². The van der Waals surface area contributed by atoms with E-state index in [0.717, 1.165) is 19.3 Å². The molecule has 7 aromatic rings. The Bertz CT molecular complexity index is 2180. The van der Waals surface area contributed by atoms with E-state index in [0.29, 0.717) is 0 Å². The highest BCUT2D eigenvalue weighted by molar-refractivity contribution is 7.25. The van der Waals surface area contributed by atoms with Crippen LogP contribution in [0.2, 0.25) is 0 Å². The summed E-state index contributed by atoms with van der Waals surface area (Å²) in [4.78, 5) is 2.53. The number of benzene rings is 5. The second kappa shape index (κ2) is 10.6. The molecule has 0 saturated carbocycles. The number of hydrogen-bond donors (Lipinski definition) is 0. The molecule has 2 nitrogen and oxygen atoms in total. The lowest BCUT2D eigenvalue weighted by molar-refractivity contribution is 0.724. The second-order valence-corrected chi connectivity index (χ2v) is 12.7. The van der Waals surface area contributed by atoms with Gasteiger partial charge in [-0.3, -0.25) is 0 Å². The largest absolute Gasteiger partial charge is 0.334 e. The lowest BCUT2D eigenvalue weighted by Gasteiger charge is -2.35. The molecule has 3 heteroatoms. The maximum absolute atomic E-state index is 2.53. The first kappa shape index (κ1) is 26.1. The van der Waals surface area contributed by atoms with E-state index >= 15 is 0 Å². The molecule has 8 rings (SSSR count). The zero-order valence-electron chi connectivity index (χ0n) is 24.6. The molecule has 0 spiro atoms. The minimum atomic E-state index is 0.186. The molecule has 1 aliphatic rings. The van der Waals surface area contributed by atoms with Crippen LogP contribution in [0, 0.1) is 0 Å². The number of allylic oxidation sites excluding steroid dienone is 3. The van der Waals surface area contributed by atoms with Crippen molar-refractivity contribution in [2.45, 2.75) is 39.2 Å². The Morgan fingerprint density at radius 3 is 2.28 bits per heavy atom. The van der Waals surface area contributed by atoms with Crippen molar-refractivity contribution in [3.63, 3.8) is 0 Å². The lowest BCUT2D eigenvalue weighted by Crippen LogP contribution is -2.27. The summed E-state index contributed by atoms with van der Waals surface area (Å²) >= 11 is 1.89. The van der Waals surface area contributed by atoms with Crippen molar-refractivity contribution in [1.29, 1.82) is 0 Å². The van der Waals surface area contributed by atoms with Crippen molar-refractivity contribution < 1.29 is 0 Å². The van der Waals surface area contributed by atoms with Crippen LogP contribution in [0.5, 0.6) is 0 Å². The Morgan fingerprint density at radius 2 is 1.47 bits per heavy atom. The van der Waals surface area contributed by atoms with Crippen LogP contribution in [0.3, 0.4) is 0 Å². The highest BCUT2D eigenvalue weighted by atomic mass is 32.1. The third-order valence-corrected chi connectivity index (χ3v) is 10.3. The van der Waals surface area contributed by atoms with E-state index in [1.54, 1.807) is 0 Å². The zero-order chi connectivity index (χ0) is 28.9. The quantitative estimate of drug-likeness (QED) is 0.192. The summed E-state index contributed by atoms with van der Waals surface area (Å²) in [6, 6.07) is 42.7. The Kier molecular flexibility index (Phi) is 6.42. The van der Waals surface area contributed by atoms with E-state index in [4.69, 9.17) is 0 Å². The Morgan fingerprint density at radius 1 is 0.721 bits per heavy atom. The number of anilines is 1. The maximum atomic E-state index is 2.53. The van der Waals surface area contributed by atoms with Crippen molar-refractivity contribution in [3.05, 3.63) is 144 Å². The molecule has 1 unspecified atom stereocenters. The van der Waals surface area contributed by atoms with Crippen LogP contribution < -0.4 is 4.90 Å². The summed E-state index contributed by atoms with van der Waals surface area (Å²) in [5, 5.41) is 5.28. The topological polar surface area (TPSA) is 8.17 Å². The Balaban J connectivity index is 1.26. The molecule has 0 amide bonds. The van der Waals surface area contributed by atoms with Crippen LogP contribution in [0.1, 0.15) is 44.7 Å². The molecule has 0 radical (unpaired) electrons. The zero-order valence-corrected chi connectivity index (χ0v) is 25.4. The molecule has 0 fully saturated rings. The summed E-state index contributed by atoms with van der Waals surface area (Å²) < 4.78 is 5.14. The van der Waals surface area contributed by atoms with Crippen LogP contribution in [0.25, 0.3) is 47.7 Å². The SMILES string of the molecule is CCC1=C(N(c2ccccc2)C(C)c2ccc(-n3c4ccccc4c4cc5sc6ccccc6c5cc43)cc2)C=CCC1. The van der Waals surface area contributed by atoms with E-state index in [1.807, 2.05) is 11.3 Å². The second-order valence-electron chi connectivity index (χ2n) is 11.6. The van der Waals surface area contributed by atoms with Gasteiger partial charge in [0.2, 0.25) is 0 Å². The maximum Gasteiger partial charge on any atom is 0.0563 e. The molecular weight excluding hydrogens is 541 g/mol. The third-order valence-electron chi connectivity index (χ3n) is 9.16. The fourth-order valence-corrected chi connectivity index (χ4v) is 8.11. The van der Waals surface area contributed by atoms with Gasteiger partial charge in [-0.05, 0) is 91.9 Å². The normalized spacial score (nSPS) is 14.4. The number of aromatic nitrogens is 1. The number of thiophene rings is 1. The number of nitrogens with zero attached hydrogens (tertiary/aromatic N) is 2. The number of para-hydroxylation sites is 2. The van der Waals surface area contributed by atoms with E-state index in [9.17, 15) is 0 Å². The fraction of sp³-hybridized carbons (Fsp3) is 0.150. The first-order valence-corrected chi connectivity index (χ1v) is 16.2. The van der Waals surface area contributed by atoms with Gasteiger partial charge in [0.05, 0.1) is 17.1 Å². The summed E-state index contributed by atoms with van der Waals surface area (Å²) in [5.74, 6) is 0.